The van der Waals surface area contributed by atoms with Crippen molar-refractivity contribution in [2.45, 2.75) is 44.4 Å². The molecule has 2 aromatic rings. The first-order chi connectivity index (χ1) is 14.8. The van der Waals surface area contributed by atoms with Crippen LogP contribution in [0.2, 0.25) is 0 Å². The molecule has 1 N–H and O–H groups in total. The Hall–Kier alpha value is -2.15. The van der Waals surface area contributed by atoms with Gasteiger partial charge in [0.05, 0.1) is 6.04 Å². The van der Waals surface area contributed by atoms with Crippen LogP contribution < -0.4 is 5.32 Å². The zero-order chi connectivity index (χ0) is 22.5. The monoisotopic (exact) mass is 450 g/mol. The van der Waals surface area contributed by atoms with E-state index in [0.717, 1.165) is 30.0 Å². The van der Waals surface area contributed by atoms with E-state index in [2.05, 4.69) is 11.6 Å². The van der Waals surface area contributed by atoms with Crippen molar-refractivity contribution in [2.24, 2.45) is 5.92 Å². The van der Waals surface area contributed by atoms with Crippen molar-refractivity contribution in [2.75, 3.05) is 19.3 Å². The van der Waals surface area contributed by atoms with Gasteiger partial charge in [0.25, 0.3) is 0 Å². The average molecular weight is 451 g/mol. The fourth-order valence-electron chi connectivity index (χ4n) is 4.26. The molecule has 0 aromatic heterocycles. The number of carbonyl (C=O) groups excluding carboxylic acids is 1. The molecule has 1 aliphatic rings. The molecule has 0 aliphatic carbocycles. The molecule has 168 valence electrons. The summed E-state index contributed by atoms with van der Waals surface area (Å²) in [7, 11) is 0. The highest BCUT2D eigenvalue weighted by molar-refractivity contribution is 7.99. The van der Waals surface area contributed by atoms with Gasteiger partial charge in [0, 0.05) is 24.4 Å². The van der Waals surface area contributed by atoms with Crippen molar-refractivity contribution in [3.8, 4) is 0 Å². The SMILES string of the molecule is CS[C@H]1CCN(C(=O)NCC(C)Cc2cc(F)cc(F)c2)[C@@H](c2ccc(F)cc2C)C1. The summed E-state index contributed by atoms with van der Waals surface area (Å²) in [5.74, 6) is -1.46. The Morgan fingerprint density at radius 2 is 1.87 bits per heavy atom. The minimum Gasteiger partial charge on any atom is -0.338 e. The Labute approximate surface area is 186 Å². The Morgan fingerprint density at radius 1 is 1.16 bits per heavy atom. The Bertz CT molecular complexity index is 903. The van der Waals surface area contributed by atoms with Gasteiger partial charge in [-0.3, -0.25) is 0 Å². The highest BCUT2D eigenvalue weighted by atomic mass is 32.2. The Morgan fingerprint density at radius 3 is 2.52 bits per heavy atom. The number of carbonyl (C=O) groups is 1. The van der Waals surface area contributed by atoms with Crippen LogP contribution in [0.5, 0.6) is 0 Å². The van der Waals surface area contributed by atoms with Crippen LogP contribution in [0.25, 0.3) is 0 Å². The van der Waals surface area contributed by atoms with Gasteiger partial charge in [-0.25, -0.2) is 18.0 Å². The summed E-state index contributed by atoms with van der Waals surface area (Å²) in [5, 5.41) is 3.43. The number of piperidine rings is 1. The molecule has 3 atom stereocenters. The molecule has 2 amide bonds. The van der Waals surface area contributed by atoms with Crippen molar-refractivity contribution in [3.63, 3.8) is 0 Å². The lowest BCUT2D eigenvalue weighted by Gasteiger charge is -2.40. The molecule has 3 rings (SSSR count). The molecular weight excluding hydrogens is 421 g/mol. The lowest BCUT2D eigenvalue weighted by molar-refractivity contribution is 0.152. The van der Waals surface area contributed by atoms with Crippen LogP contribution in [-0.4, -0.2) is 35.5 Å². The summed E-state index contributed by atoms with van der Waals surface area (Å²) in [6, 6.07) is 7.95. The maximum Gasteiger partial charge on any atom is 0.317 e. The number of amides is 2. The molecule has 1 unspecified atom stereocenters. The number of hydrogen-bond acceptors (Lipinski definition) is 2. The standard InChI is InChI=1S/C24H29F3N2OS/c1-15(8-17-10-19(26)12-20(27)11-17)14-28-24(30)29-7-6-21(31-3)13-23(29)22-5-4-18(25)9-16(22)2/h4-5,9-12,15,21,23H,6-8,13-14H2,1-3H3,(H,28,30)/t15?,21-,23+/m0/s1. The quantitative estimate of drug-likeness (QED) is 0.597. The van der Waals surface area contributed by atoms with Gasteiger partial charge in [0.2, 0.25) is 0 Å². The number of thioether (sulfide) groups is 1. The highest BCUT2D eigenvalue weighted by Crippen LogP contribution is 2.37. The van der Waals surface area contributed by atoms with E-state index < -0.39 is 11.6 Å². The van der Waals surface area contributed by atoms with Crippen LogP contribution in [-0.2, 0) is 6.42 Å². The molecule has 1 aliphatic heterocycles. The molecule has 2 aromatic carbocycles. The molecule has 1 heterocycles. The van der Waals surface area contributed by atoms with Crippen LogP contribution in [0.4, 0.5) is 18.0 Å². The first kappa shape index (κ1) is 23.5. The Balaban J connectivity index is 1.66. The molecule has 1 saturated heterocycles. The third-order valence-corrected chi connectivity index (χ3v) is 6.94. The molecule has 3 nitrogen and oxygen atoms in total. The number of urea groups is 1. The predicted molar refractivity (Wildman–Crippen MR) is 120 cm³/mol. The van der Waals surface area contributed by atoms with Crippen LogP contribution in [0.1, 0.15) is 42.5 Å². The van der Waals surface area contributed by atoms with E-state index in [-0.39, 0.29) is 23.8 Å². The van der Waals surface area contributed by atoms with E-state index in [1.54, 1.807) is 17.8 Å². The van der Waals surface area contributed by atoms with Gasteiger partial charge in [-0.2, -0.15) is 11.8 Å². The number of aryl methyl sites for hydroxylation is 1. The number of nitrogens with zero attached hydrogens (tertiary/aromatic N) is 1. The number of hydrogen-bond donors (Lipinski definition) is 1. The van der Waals surface area contributed by atoms with Gasteiger partial charge >= 0.3 is 6.03 Å². The molecule has 0 radical (unpaired) electrons. The number of benzene rings is 2. The summed E-state index contributed by atoms with van der Waals surface area (Å²) in [6.45, 7) is 4.83. The van der Waals surface area contributed by atoms with E-state index in [0.29, 0.717) is 30.3 Å². The number of rotatable bonds is 6. The average Bonchev–Trinajstić information content (AvgIpc) is 2.71. The summed E-state index contributed by atoms with van der Waals surface area (Å²) in [6.07, 6.45) is 4.26. The molecule has 0 bridgehead atoms. The van der Waals surface area contributed by atoms with Gasteiger partial charge in [0.1, 0.15) is 17.5 Å². The van der Waals surface area contributed by atoms with E-state index in [1.165, 1.54) is 24.3 Å². The first-order valence-electron chi connectivity index (χ1n) is 10.5. The Kier molecular flexibility index (Phi) is 7.92. The van der Waals surface area contributed by atoms with Crippen LogP contribution in [0, 0.1) is 30.3 Å². The molecule has 0 spiro atoms. The topological polar surface area (TPSA) is 32.3 Å². The molecule has 0 saturated carbocycles. The fraction of sp³-hybridized carbons (Fsp3) is 0.458. The fourth-order valence-corrected chi connectivity index (χ4v) is 4.98. The first-order valence-corrected chi connectivity index (χ1v) is 11.8. The normalized spacial score (nSPS) is 19.9. The van der Waals surface area contributed by atoms with Crippen molar-refractivity contribution in [1.82, 2.24) is 10.2 Å². The minimum atomic E-state index is -0.597. The summed E-state index contributed by atoms with van der Waals surface area (Å²) in [4.78, 5) is 14.9. The summed E-state index contributed by atoms with van der Waals surface area (Å²) >= 11 is 1.79. The lowest BCUT2D eigenvalue weighted by Crippen LogP contribution is -2.48. The van der Waals surface area contributed by atoms with Gasteiger partial charge in [-0.15, -0.1) is 0 Å². The van der Waals surface area contributed by atoms with Crippen molar-refractivity contribution >= 4 is 17.8 Å². The van der Waals surface area contributed by atoms with Crippen LogP contribution >= 0.6 is 11.8 Å². The predicted octanol–water partition coefficient (Wildman–Crippen LogP) is 5.87. The smallest absolute Gasteiger partial charge is 0.317 e. The third kappa shape index (κ3) is 6.19. The van der Waals surface area contributed by atoms with Gasteiger partial charge < -0.3 is 10.2 Å². The maximum absolute atomic E-state index is 13.6. The van der Waals surface area contributed by atoms with Gasteiger partial charge in [-0.1, -0.05) is 13.0 Å². The lowest BCUT2D eigenvalue weighted by atomic mass is 9.92. The molecule has 31 heavy (non-hydrogen) atoms. The van der Waals surface area contributed by atoms with Crippen molar-refractivity contribution in [1.29, 1.82) is 0 Å². The minimum absolute atomic E-state index is 0.0138. The van der Waals surface area contributed by atoms with Crippen molar-refractivity contribution in [3.05, 3.63) is 70.5 Å². The van der Waals surface area contributed by atoms with Crippen molar-refractivity contribution < 1.29 is 18.0 Å². The second-order valence-electron chi connectivity index (χ2n) is 8.37. The zero-order valence-electron chi connectivity index (χ0n) is 18.1. The van der Waals surface area contributed by atoms with Crippen LogP contribution in [0.15, 0.2) is 36.4 Å². The third-order valence-electron chi connectivity index (χ3n) is 5.85. The molecule has 7 heteroatoms. The zero-order valence-corrected chi connectivity index (χ0v) is 18.9. The maximum atomic E-state index is 13.6. The second kappa shape index (κ2) is 10.4. The highest BCUT2D eigenvalue weighted by Gasteiger charge is 2.33. The molecular formula is C24H29F3N2OS. The second-order valence-corrected chi connectivity index (χ2v) is 9.50. The van der Waals surface area contributed by atoms with Gasteiger partial charge in [-0.05, 0) is 79.3 Å². The van der Waals surface area contributed by atoms with E-state index >= 15 is 0 Å². The largest absolute Gasteiger partial charge is 0.338 e. The number of halogens is 3. The summed E-state index contributed by atoms with van der Waals surface area (Å²) in [5.41, 5.74) is 2.38. The number of nitrogens with one attached hydrogen (secondary N) is 1. The summed E-state index contributed by atoms with van der Waals surface area (Å²) < 4.78 is 40.4. The van der Waals surface area contributed by atoms with E-state index in [9.17, 15) is 18.0 Å². The van der Waals surface area contributed by atoms with Crippen LogP contribution in [0.3, 0.4) is 0 Å². The number of likely N-dealkylation sites (tertiary alicyclic amines) is 1. The van der Waals surface area contributed by atoms with Gasteiger partial charge in [0.15, 0.2) is 0 Å². The van der Waals surface area contributed by atoms with E-state index in [4.69, 9.17) is 0 Å². The van der Waals surface area contributed by atoms with E-state index in [1.807, 2.05) is 18.7 Å². The molecule has 1 fully saturated rings.